The first-order valence-electron chi connectivity index (χ1n) is 3.98. The first kappa shape index (κ1) is 36.1. The molecule has 0 aromatic carbocycles. The Bertz CT molecular complexity index is 38.0. The third-order valence-corrected chi connectivity index (χ3v) is 0. The largest absolute Gasteiger partial charge is 4.00 e. The minimum absolute atomic E-state index is 0. The van der Waals surface area contributed by atoms with Crippen molar-refractivity contribution in [2.45, 2.75) is 27.7 Å². The Balaban J connectivity index is -0.00000000821. The standard InChI is InChI=1S/4C2H5O.Hf.Mg.2H/c4*1-2-3;;;;/h4*2H2,1H3;;;;/q4*-1;+4;+2;2*-1. The van der Waals surface area contributed by atoms with Crippen LogP contribution in [0.3, 0.4) is 0 Å². The fraction of sp³-hybridized carbons (Fsp3) is 1.00. The van der Waals surface area contributed by atoms with Crippen LogP contribution in [-0.2, 0) is 25.8 Å². The zero-order valence-corrected chi connectivity index (χ0v) is 14.7. The molecule has 0 amide bonds. The van der Waals surface area contributed by atoms with Gasteiger partial charge in [0.2, 0.25) is 0 Å². The van der Waals surface area contributed by atoms with Crippen molar-refractivity contribution in [3.05, 3.63) is 0 Å². The van der Waals surface area contributed by atoms with E-state index in [0.717, 1.165) is 0 Å². The monoisotopic (exact) mass is 386 g/mol. The van der Waals surface area contributed by atoms with E-state index in [1.165, 1.54) is 0 Å². The van der Waals surface area contributed by atoms with Crippen molar-refractivity contribution in [3.63, 3.8) is 0 Å². The zero-order chi connectivity index (χ0) is 10.8. The van der Waals surface area contributed by atoms with Gasteiger partial charge in [0.1, 0.15) is 0 Å². The topological polar surface area (TPSA) is 92.2 Å². The van der Waals surface area contributed by atoms with E-state index in [4.69, 9.17) is 20.4 Å². The molecule has 0 unspecified atom stereocenters. The van der Waals surface area contributed by atoms with E-state index in [0.29, 0.717) is 0 Å². The minimum atomic E-state index is 0. The van der Waals surface area contributed by atoms with Gasteiger partial charge in [-0.15, -0.1) is 26.4 Å². The molecule has 0 atom stereocenters. The Morgan fingerprint density at radius 3 is 0.643 bits per heavy atom. The summed E-state index contributed by atoms with van der Waals surface area (Å²) in [5.74, 6) is 0. The van der Waals surface area contributed by atoms with Crippen LogP contribution in [0.5, 0.6) is 0 Å². The van der Waals surface area contributed by atoms with E-state index in [9.17, 15) is 0 Å². The Morgan fingerprint density at radius 2 is 0.643 bits per heavy atom. The van der Waals surface area contributed by atoms with Gasteiger partial charge in [0.25, 0.3) is 0 Å². The smallest absolute Gasteiger partial charge is 1.00 e. The molecule has 0 radical (unpaired) electrons. The van der Waals surface area contributed by atoms with Crippen LogP contribution in [0.1, 0.15) is 30.5 Å². The maximum atomic E-state index is 8.93. The van der Waals surface area contributed by atoms with Crippen LogP contribution in [0.15, 0.2) is 0 Å². The molecule has 0 rings (SSSR count). The summed E-state index contributed by atoms with van der Waals surface area (Å²) in [5.41, 5.74) is 0. The SMILES string of the molecule is CC[O-].CC[O-].CC[O-].CC[O-].[H-].[H-].[Hf+4].[Mg+2]. The molecule has 0 spiro atoms. The predicted molar refractivity (Wildman–Crippen MR) is 50.1 cm³/mol. The van der Waals surface area contributed by atoms with Gasteiger partial charge < -0.3 is 23.3 Å². The molecular weight excluding hydrogens is 363 g/mol. The van der Waals surface area contributed by atoms with E-state index < -0.39 is 0 Å². The molecule has 0 aliphatic rings. The van der Waals surface area contributed by atoms with Gasteiger partial charge in [-0.1, -0.05) is 27.7 Å². The van der Waals surface area contributed by atoms with Crippen molar-refractivity contribution in [2.24, 2.45) is 0 Å². The second-order valence-corrected chi connectivity index (χ2v) is 1.15. The molecule has 84 valence electrons. The summed E-state index contributed by atoms with van der Waals surface area (Å²) in [6.07, 6.45) is 0. The van der Waals surface area contributed by atoms with Crippen molar-refractivity contribution < 1.29 is 49.1 Å². The van der Waals surface area contributed by atoms with Crippen LogP contribution in [0, 0.1) is 0 Å². The van der Waals surface area contributed by atoms with E-state index in [2.05, 4.69) is 0 Å². The van der Waals surface area contributed by atoms with Gasteiger partial charge in [0.15, 0.2) is 0 Å². The van der Waals surface area contributed by atoms with Gasteiger partial charge in [-0.25, -0.2) is 0 Å². The molecule has 0 heterocycles. The molecule has 0 saturated heterocycles. The molecule has 6 heteroatoms. The summed E-state index contributed by atoms with van der Waals surface area (Å²) in [5, 5.41) is 35.7. The Hall–Kier alpha value is 1.48. The molecular formula is C8H22HfMgO4. The van der Waals surface area contributed by atoms with Crippen molar-refractivity contribution in [1.29, 1.82) is 0 Å². The summed E-state index contributed by atoms with van der Waals surface area (Å²) < 4.78 is 0. The van der Waals surface area contributed by atoms with Crippen molar-refractivity contribution in [2.75, 3.05) is 26.4 Å². The number of hydrogen-bond acceptors (Lipinski definition) is 4. The molecule has 0 aromatic heterocycles. The predicted octanol–water partition coefficient (Wildman–Crippen LogP) is -2.69. The third kappa shape index (κ3) is 962. The Morgan fingerprint density at radius 1 is 0.643 bits per heavy atom. The molecule has 0 aromatic rings. The van der Waals surface area contributed by atoms with E-state index in [-0.39, 0.29) is 78.2 Å². The van der Waals surface area contributed by atoms with Crippen LogP contribution in [0.4, 0.5) is 0 Å². The summed E-state index contributed by atoms with van der Waals surface area (Å²) in [6, 6.07) is 0. The fourth-order valence-electron chi connectivity index (χ4n) is 0. The van der Waals surface area contributed by atoms with Gasteiger partial charge in [-0.05, 0) is 0 Å². The molecule has 0 bridgehead atoms. The quantitative estimate of drug-likeness (QED) is 0.425. The van der Waals surface area contributed by atoms with Crippen LogP contribution in [-0.4, -0.2) is 49.5 Å². The third-order valence-electron chi connectivity index (χ3n) is 0. The molecule has 4 nitrogen and oxygen atoms in total. The molecule has 0 fully saturated rings. The molecule has 0 aliphatic heterocycles. The second kappa shape index (κ2) is 87.7. The summed E-state index contributed by atoms with van der Waals surface area (Å²) in [6.45, 7) is 6.28. The van der Waals surface area contributed by atoms with Gasteiger partial charge in [-0.2, -0.15) is 0 Å². The van der Waals surface area contributed by atoms with Crippen LogP contribution < -0.4 is 20.4 Å². The van der Waals surface area contributed by atoms with E-state index in [1.807, 2.05) is 0 Å². The van der Waals surface area contributed by atoms with Gasteiger partial charge in [0, 0.05) is 0 Å². The van der Waals surface area contributed by atoms with E-state index in [1.54, 1.807) is 27.7 Å². The summed E-state index contributed by atoms with van der Waals surface area (Å²) >= 11 is 0. The van der Waals surface area contributed by atoms with Gasteiger partial charge in [-0.3, -0.25) is 0 Å². The van der Waals surface area contributed by atoms with Crippen molar-refractivity contribution >= 4 is 23.1 Å². The van der Waals surface area contributed by atoms with Crippen molar-refractivity contribution in [1.82, 2.24) is 0 Å². The number of rotatable bonds is 0. The zero-order valence-electron chi connectivity index (χ0n) is 11.7. The van der Waals surface area contributed by atoms with Gasteiger partial charge >= 0.3 is 48.9 Å². The maximum absolute atomic E-state index is 8.93. The molecule has 0 saturated carbocycles. The fourth-order valence-corrected chi connectivity index (χ4v) is 0. The Labute approximate surface area is 126 Å². The van der Waals surface area contributed by atoms with Crippen LogP contribution in [0.25, 0.3) is 0 Å². The average Bonchev–Trinajstić information content (AvgIpc) is 1.92. The molecule has 14 heavy (non-hydrogen) atoms. The first-order chi connectivity index (χ1) is 5.66. The van der Waals surface area contributed by atoms with Crippen LogP contribution in [0.2, 0.25) is 0 Å². The summed E-state index contributed by atoms with van der Waals surface area (Å²) in [4.78, 5) is 0. The average molecular weight is 385 g/mol. The van der Waals surface area contributed by atoms with E-state index >= 15 is 0 Å². The van der Waals surface area contributed by atoms with Crippen molar-refractivity contribution in [3.8, 4) is 0 Å². The normalized spacial score (nSPS) is 5.14. The molecule has 0 aliphatic carbocycles. The van der Waals surface area contributed by atoms with Gasteiger partial charge in [0.05, 0.1) is 0 Å². The molecule has 0 N–H and O–H groups in total. The minimum Gasteiger partial charge on any atom is -1.00 e. The van der Waals surface area contributed by atoms with Crippen LogP contribution >= 0.6 is 0 Å². The maximum Gasteiger partial charge on any atom is 4.00 e. The second-order valence-electron chi connectivity index (χ2n) is 1.15. The number of hydrogen-bond donors (Lipinski definition) is 0. The Kier molecular flexibility index (Phi) is 226. The first-order valence-corrected chi connectivity index (χ1v) is 3.98. The summed E-state index contributed by atoms with van der Waals surface area (Å²) in [7, 11) is 0.